The molecule has 1 fully saturated rings. The maximum atomic E-state index is 12.7. The molecular weight excluding hydrogens is 198 g/mol. The normalized spacial score (nSPS) is 23.8. The lowest BCUT2D eigenvalue weighted by Gasteiger charge is -2.39. The molecule has 0 saturated carbocycles. The van der Waals surface area contributed by atoms with Crippen molar-refractivity contribution in [1.29, 1.82) is 0 Å². The van der Waals surface area contributed by atoms with Crippen LogP contribution >= 0.6 is 12.4 Å². The fraction of sp³-hybridized carbons (Fsp3) is 1.00. The first-order chi connectivity index (χ1) is 5.31. The van der Waals surface area contributed by atoms with E-state index >= 15 is 0 Å². The van der Waals surface area contributed by atoms with Crippen LogP contribution in [0.4, 0.5) is 8.78 Å². The maximum absolute atomic E-state index is 12.7. The van der Waals surface area contributed by atoms with Crippen molar-refractivity contribution < 1.29 is 8.78 Å². The molecule has 0 bridgehead atoms. The molecule has 0 aromatic rings. The summed E-state index contributed by atoms with van der Waals surface area (Å²) < 4.78 is 25.5. The first-order valence-corrected chi connectivity index (χ1v) is 4.23. The van der Waals surface area contributed by atoms with Crippen molar-refractivity contribution in [3.63, 3.8) is 0 Å². The lowest BCUT2D eigenvalue weighted by molar-refractivity contribution is -0.142. The summed E-state index contributed by atoms with van der Waals surface area (Å²) >= 11 is 0. The molecule has 2 nitrogen and oxygen atoms in total. The smallest absolute Gasteiger partial charge is 0.302 e. The number of hydrogen-bond donors (Lipinski definition) is 1. The van der Waals surface area contributed by atoms with E-state index in [4.69, 9.17) is 5.73 Å². The van der Waals surface area contributed by atoms with Gasteiger partial charge in [-0.15, -0.1) is 12.4 Å². The first kappa shape index (κ1) is 13.1. The van der Waals surface area contributed by atoms with Crippen LogP contribution in [0.3, 0.4) is 0 Å². The zero-order valence-corrected chi connectivity index (χ0v) is 8.83. The van der Waals surface area contributed by atoms with Crippen molar-refractivity contribution >= 4 is 12.4 Å². The van der Waals surface area contributed by atoms with Crippen LogP contribution in [-0.2, 0) is 0 Å². The van der Waals surface area contributed by atoms with E-state index in [-0.39, 0.29) is 17.9 Å². The van der Waals surface area contributed by atoms with Crippen LogP contribution < -0.4 is 5.73 Å². The Morgan fingerprint density at radius 1 is 1.31 bits per heavy atom. The fourth-order valence-corrected chi connectivity index (χ4v) is 1.41. The van der Waals surface area contributed by atoms with Gasteiger partial charge in [0.05, 0.1) is 0 Å². The van der Waals surface area contributed by atoms with Crippen molar-refractivity contribution in [3.8, 4) is 0 Å². The second-order valence-electron chi connectivity index (χ2n) is 3.98. The van der Waals surface area contributed by atoms with E-state index in [0.717, 1.165) is 6.92 Å². The minimum Gasteiger partial charge on any atom is -0.325 e. The van der Waals surface area contributed by atoms with Crippen LogP contribution in [0.2, 0.25) is 0 Å². The molecule has 0 aliphatic carbocycles. The Labute approximate surface area is 83.9 Å². The second-order valence-corrected chi connectivity index (χ2v) is 3.98. The van der Waals surface area contributed by atoms with Crippen molar-refractivity contribution in [3.05, 3.63) is 0 Å². The van der Waals surface area contributed by atoms with Gasteiger partial charge in [0.25, 0.3) is 0 Å². The second kappa shape index (κ2) is 4.07. The molecule has 5 heteroatoms. The summed E-state index contributed by atoms with van der Waals surface area (Å²) in [6.45, 7) is 3.65. The predicted molar refractivity (Wildman–Crippen MR) is 51.3 cm³/mol. The number of piperidine rings is 1. The van der Waals surface area contributed by atoms with Crippen molar-refractivity contribution in [2.75, 3.05) is 13.1 Å². The van der Waals surface area contributed by atoms with Gasteiger partial charge in [0.1, 0.15) is 0 Å². The predicted octanol–water partition coefficient (Wildman–Crippen LogP) is 1.83. The molecule has 13 heavy (non-hydrogen) atoms. The zero-order chi connectivity index (χ0) is 9.41. The quantitative estimate of drug-likeness (QED) is 0.675. The SMILES string of the molecule is CC1(N)CCN(C(C)(F)F)CC1.Cl. The minimum atomic E-state index is -2.68. The molecule has 1 aliphatic heterocycles. The molecular formula is C8H17ClF2N2. The molecule has 1 heterocycles. The molecule has 0 amide bonds. The van der Waals surface area contributed by atoms with Gasteiger partial charge in [-0.3, -0.25) is 0 Å². The van der Waals surface area contributed by atoms with Crippen LogP contribution in [0, 0.1) is 0 Å². The number of halogens is 3. The van der Waals surface area contributed by atoms with E-state index in [1.54, 1.807) is 0 Å². The number of rotatable bonds is 1. The van der Waals surface area contributed by atoms with E-state index in [0.29, 0.717) is 25.9 Å². The van der Waals surface area contributed by atoms with Crippen LogP contribution in [0.1, 0.15) is 26.7 Å². The monoisotopic (exact) mass is 214 g/mol. The molecule has 0 unspecified atom stereocenters. The third-order valence-electron chi connectivity index (χ3n) is 2.46. The van der Waals surface area contributed by atoms with Crippen molar-refractivity contribution in [2.24, 2.45) is 5.73 Å². The van der Waals surface area contributed by atoms with E-state index < -0.39 is 6.05 Å². The number of nitrogens with zero attached hydrogens (tertiary/aromatic N) is 1. The minimum absolute atomic E-state index is 0. The molecule has 0 atom stereocenters. The van der Waals surface area contributed by atoms with Crippen LogP contribution in [0.15, 0.2) is 0 Å². The topological polar surface area (TPSA) is 29.3 Å². The van der Waals surface area contributed by atoms with Gasteiger partial charge in [-0.25, -0.2) is 4.90 Å². The van der Waals surface area contributed by atoms with Gasteiger partial charge >= 0.3 is 6.05 Å². The third-order valence-corrected chi connectivity index (χ3v) is 2.46. The van der Waals surface area contributed by atoms with Crippen LogP contribution in [0.5, 0.6) is 0 Å². The Morgan fingerprint density at radius 3 is 2.00 bits per heavy atom. The molecule has 80 valence electrons. The molecule has 0 spiro atoms. The number of nitrogens with two attached hydrogens (primary N) is 1. The Morgan fingerprint density at radius 2 is 1.69 bits per heavy atom. The van der Waals surface area contributed by atoms with Crippen LogP contribution in [-0.4, -0.2) is 29.6 Å². The molecule has 1 rings (SSSR count). The summed E-state index contributed by atoms with van der Waals surface area (Å²) in [5, 5.41) is 0. The molecule has 2 N–H and O–H groups in total. The van der Waals surface area contributed by atoms with Gasteiger partial charge in [0.15, 0.2) is 0 Å². The van der Waals surface area contributed by atoms with Gasteiger partial charge in [-0.2, -0.15) is 8.78 Å². The molecule has 0 aromatic carbocycles. The molecule has 0 aromatic heterocycles. The average molecular weight is 215 g/mol. The number of alkyl halides is 2. The molecule has 0 radical (unpaired) electrons. The standard InChI is InChI=1S/C8H16F2N2.ClH/c1-7(11)3-5-12(6-4-7)8(2,9)10;/h3-6,11H2,1-2H3;1H. The highest BCUT2D eigenvalue weighted by Gasteiger charge is 2.36. The lowest BCUT2D eigenvalue weighted by atomic mass is 9.91. The highest BCUT2D eigenvalue weighted by atomic mass is 35.5. The zero-order valence-electron chi connectivity index (χ0n) is 8.02. The first-order valence-electron chi connectivity index (χ1n) is 4.23. The summed E-state index contributed by atoms with van der Waals surface area (Å²) in [7, 11) is 0. The summed E-state index contributed by atoms with van der Waals surface area (Å²) in [5.74, 6) is 0. The van der Waals surface area contributed by atoms with Gasteiger partial charge in [-0.1, -0.05) is 0 Å². The van der Waals surface area contributed by atoms with E-state index in [1.165, 1.54) is 4.90 Å². The van der Waals surface area contributed by atoms with Gasteiger partial charge in [-0.05, 0) is 19.8 Å². The fourth-order valence-electron chi connectivity index (χ4n) is 1.41. The third kappa shape index (κ3) is 3.75. The van der Waals surface area contributed by atoms with Gasteiger partial charge in [0, 0.05) is 25.6 Å². The Kier molecular flexibility index (Phi) is 4.09. The number of hydrogen-bond acceptors (Lipinski definition) is 2. The maximum Gasteiger partial charge on any atom is 0.302 e. The lowest BCUT2D eigenvalue weighted by Crippen LogP contribution is -2.52. The molecule has 1 aliphatic rings. The van der Waals surface area contributed by atoms with E-state index in [9.17, 15) is 8.78 Å². The summed E-state index contributed by atoms with van der Waals surface area (Å²) in [4.78, 5) is 1.18. The van der Waals surface area contributed by atoms with Gasteiger partial charge < -0.3 is 5.73 Å². The number of likely N-dealkylation sites (tertiary alicyclic amines) is 1. The average Bonchev–Trinajstić information content (AvgIpc) is 1.83. The van der Waals surface area contributed by atoms with E-state index in [2.05, 4.69) is 0 Å². The highest BCUT2D eigenvalue weighted by molar-refractivity contribution is 5.85. The van der Waals surface area contributed by atoms with Crippen molar-refractivity contribution in [2.45, 2.75) is 38.3 Å². The van der Waals surface area contributed by atoms with Gasteiger partial charge in [0.2, 0.25) is 0 Å². The Hall–Kier alpha value is 0.0700. The summed E-state index contributed by atoms with van der Waals surface area (Å²) in [6.07, 6.45) is 1.30. The highest BCUT2D eigenvalue weighted by Crippen LogP contribution is 2.26. The summed E-state index contributed by atoms with van der Waals surface area (Å²) in [5.41, 5.74) is 5.56. The molecule has 1 saturated heterocycles. The largest absolute Gasteiger partial charge is 0.325 e. The van der Waals surface area contributed by atoms with E-state index in [1.807, 2.05) is 6.92 Å². The Bertz CT molecular complexity index is 158. The van der Waals surface area contributed by atoms with Crippen molar-refractivity contribution in [1.82, 2.24) is 4.90 Å². The Balaban J connectivity index is 0.00000144. The van der Waals surface area contributed by atoms with Crippen LogP contribution in [0.25, 0.3) is 0 Å². The summed E-state index contributed by atoms with van der Waals surface area (Å²) in [6, 6.07) is -2.68.